The molecule has 7 heterocycles. The number of benzene rings is 2. The van der Waals surface area contributed by atoms with E-state index in [-0.39, 0.29) is 0 Å². The van der Waals surface area contributed by atoms with Crippen LogP contribution in [0.25, 0.3) is 74.3 Å². The van der Waals surface area contributed by atoms with Crippen molar-refractivity contribution in [2.45, 2.75) is 0 Å². The molecule has 0 atom stereocenters. The molecule has 0 spiro atoms. The van der Waals surface area contributed by atoms with Crippen LogP contribution < -0.4 is 0 Å². The van der Waals surface area contributed by atoms with Gasteiger partial charge in [0.05, 0.1) is 23.4 Å². The van der Waals surface area contributed by atoms with Gasteiger partial charge in [-0.05, 0) is 24.3 Å². The van der Waals surface area contributed by atoms with Crippen molar-refractivity contribution in [2.24, 2.45) is 0 Å². The Balaban J connectivity index is 1.37. The first-order chi connectivity index (χ1) is 18.9. The van der Waals surface area contributed by atoms with Crippen LogP contribution in [0.3, 0.4) is 0 Å². The Morgan fingerprint density at radius 3 is 1.58 bits per heavy atom. The van der Waals surface area contributed by atoms with Gasteiger partial charge < -0.3 is 0 Å². The fraction of sp³-hybridized carbons (Fsp3) is 0. The van der Waals surface area contributed by atoms with Gasteiger partial charge in [-0.25, -0.2) is 24.9 Å². The summed E-state index contributed by atoms with van der Waals surface area (Å²) < 4.78 is 6.82. The second-order valence-electron chi connectivity index (χ2n) is 9.09. The van der Waals surface area contributed by atoms with Gasteiger partial charge in [0.25, 0.3) is 0 Å². The molecule has 0 amide bonds. The summed E-state index contributed by atoms with van der Waals surface area (Å²) in [6, 6.07) is 23.1. The maximum Gasteiger partial charge on any atom is 0.140 e. The highest BCUT2D eigenvalue weighted by Crippen LogP contribution is 2.43. The first kappa shape index (κ1) is 20.3. The van der Waals surface area contributed by atoms with Crippen LogP contribution in [-0.4, -0.2) is 34.1 Å². The molecule has 178 valence electrons. The highest BCUT2D eigenvalue weighted by molar-refractivity contribution is 7.26. The molecule has 0 bridgehead atoms. The minimum atomic E-state index is 0.816. The van der Waals surface area contributed by atoms with E-state index in [1.54, 1.807) is 35.3 Å². The van der Waals surface area contributed by atoms with Gasteiger partial charge in [-0.15, -0.1) is 22.7 Å². The van der Waals surface area contributed by atoms with Gasteiger partial charge in [-0.3, -0.25) is 9.13 Å². The fourth-order valence-corrected chi connectivity index (χ4v) is 7.98. The third kappa shape index (κ3) is 2.59. The molecule has 9 aromatic rings. The summed E-state index contributed by atoms with van der Waals surface area (Å²) >= 11 is 3.50. The normalized spacial score (nSPS) is 12.2. The molecule has 0 N–H and O–H groups in total. The second-order valence-corrected chi connectivity index (χ2v) is 11.2. The highest BCUT2D eigenvalue weighted by Gasteiger charge is 2.22. The standard InChI is InChI=1S/C29H15N7S2/c1-3-8-20-16(6-1)24-26-18(12-30-14-32-26)35(28(24)37-20)22-10-5-11-23(34-22)36-19-13-31-15-33-27(19)25-17-7-2-4-9-21(17)38-29(25)36/h1-15H. The van der Waals surface area contributed by atoms with Gasteiger partial charge in [-0.1, -0.05) is 42.5 Å². The van der Waals surface area contributed by atoms with Crippen molar-refractivity contribution in [3.63, 3.8) is 0 Å². The van der Waals surface area contributed by atoms with E-state index in [0.29, 0.717) is 0 Å². The number of aromatic nitrogens is 7. The van der Waals surface area contributed by atoms with E-state index in [9.17, 15) is 0 Å². The highest BCUT2D eigenvalue weighted by atomic mass is 32.1. The van der Waals surface area contributed by atoms with E-state index >= 15 is 0 Å². The van der Waals surface area contributed by atoms with E-state index in [1.165, 1.54) is 20.2 Å². The Morgan fingerprint density at radius 1 is 0.553 bits per heavy atom. The maximum absolute atomic E-state index is 5.23. The lowest BCUT2D eigenvalue weighted by Gasteiger charge is -2.09. The first-order valence-corrected chi connectivity index (χ1v) is 13.7. The largest absolute Gasteiger partial charge is 0.282 e. The molecule has 0 aliphatic carbocycles. The van der Waals surface area contributed by atoms with Crippen LogP contribution in [0.5, 0.6) is 0 Å². The monoisotopic (exact) mass is 525 g/mol. The quantitative estimate of drug-likeness (QED) is 0.237. The molecule has 7 aromatic heterocycles. The minimum absolute atomic E-state index is 0.816. The molecule has 7 nitrogen and oxygen atoms in total. The molecule has 0 aliphatic heterocycles. The zero-order valence-electron chi connectivity index (χ0n) is 19.6. The zero-order valence-corrected chi connectivity index (χ0v) is 21.2. The summed E-state index contributed by atoms with van der Waals surface area (Å²) in [5, 5.41) is 4.68. The average molecular weight is 526 g/mol. The molecule has 0 saturated heterocycles. The minimum Gasteiger partial charge on any atom is -0.282 e. The van der Waals surface area contributed by atoms with Crippen LogP contribution in [0.1, 0.15) is 0 Å². The lowest BCUT2D eigenvalue weighted by atomic mass is 10.2. The van der Waals surface area contributed by atoms with E-state index < -0.39 is 0 Å². The van der Waals surface area contributed by atoms with E-state index in [1.807, 2.05) is 24.5 Å². The van der Waals surface area contributed by atoms with Crippen LogP contribution in [0.15, 0.2) is 91.8 Å². The number of hydrogen-bond donors (Lipinski definition) is 0. The van der Waals surface area contributed by atoms with Crippen molar-refractivity contribution < 1.29 is 0 Å². The molecule has 2 aromatic carbocycles. The van der Waals surface area contributed by atoms with Crippen LogP contribution in [-0.2, 0) is 0 Å². The van der Waals surface area contributed by atoms with Crippen LogP contribution >= 0.6 is 22.7 Å². The molecule has 9 heteroatoms. The van der Waals surface area contributed by atoms with Crippen molar-refractivity contribution in [3.8, 4) is 11.6 Å². The Labute approximate surface area is 222 Å². The predicted octanol–water partition coefficient (Wildman–Crippen LogP) is 7.29. The molecule has 0 aliphatic rings. The van der Waals surface area contributed by atoms with Crippen molar-refractivity contribution >= 4 is 85.3 Å². The number of pyridine rings is 1. The summed E-state index contributed by atoms with van der Waals surface area (Å²) in [6.45, 7) is 0. The summed E-state index contributed by atoms with van der Waals surface area (Å²) in [4.78, 5) is 25.5. The second kappa shape index (κ2) is 7.41. The molecule has 0 radical (unpaired) electrons. The molecule has 38 heavy (non-hydrogen) atoms. The topological polar surface area (TPSA) is 74.3 Å². The Kier molecular flexibility index (Phi) is 3.96. The summed E-state index contributed by atoms with van der Waals surface area (Å²) in [6.07, 6.45) is 6.99. The number of rotatable bonds is 2. The summed E-state index contributed by atoms with van der Waals surface area (Å²) in [5.74, 6) is 1.63. The van der Waals surface area contributed by atoms with Gasteiger partial charge in [0.1, 0.15) is 45.0 Å². The van der Waals surface area contributed by atoms with Crippen molar-refractivity contribution in [3.05, 3.63) is 91.8 Å². The molecule has 0 unspecified atom stereocenters. The van der Waals surface area contributed by atoms with Gasteiger partial charge >= 0.3 is 0 Å². The number of hydrogen-bond acceptors (Lipinski definition) is 7. The van der Waals surface area contributed by atoms with Gasteiger partial charge in [-0.2, -0.15) is 0 Å². The molecule has 0 fully saturated rings. The SMILES string of the molecule is c1cc(-n2c3cncnc3c3c4ccccc4sc32)nc(-n2c3cncnc3c3c4ccccc4sc32)c1. The summed E-state index contributed by atoms with van der Waals surface area (Å²) in [5.41, 5.74) is 3.76. The number of nitrogens with zero attached hydrogens (tertiary/aromatic N) is 7. The Bertz CT molecular complexity index is 2210. The fourth-order valence-electron chi connectivity index (χ4n) is 5.53. The summed E-state index contributed by atoms with van der Waals surface area (Å²) in [7, 11) is 0. The Morgan fingerprint density at radius 2 is 1.05 bits per heavy atom. The van der Waals surface area contributed by atoms with Crippen LogP contribution in [0.2, 0.25) is 0 Å². The van der Waals surface area contributed by atoms with Gasteiger partial charge in [0.15, 0.2) is 0 Å². The average Bonchev–Trinajstić information content (AvgIpc) is 3.69. The zero-order chi connectivity index (χ0) is 24.8. The van der Waals surface area contributed by atoms with E-state index in [4.69, 9.17) is 4.98 Å². The first-order valence-electron chi connectivity index (χ1n) is 12.1. The van der Waals surface area contributed by atoms with Gasteiger partial charge in [0, 0.05) is 30.9 Å². The Hall–Kier alpha value is -4.73. The third-order valence-electron chi connectivity index (χ3n) is 7.08. The third-order valence-corrected chi connectivity index (χ3v) is 9.39. The van der Waals surface area contributed by atoms with E-state index in [2.05, 4.69) is 83.7 Å². The molecule has 9 rings (SSSR count). The van der Waals surface area contributed by atoms with Crippen molar-refractivity contribution in [1.29, 1.82) is 0 Å². The van der Waals surface area contributed by atoms with Crippen LogP contribution in [0, 0.1) is 0 Å². The van der Waals surface area contributed by atoms with Crippen molar-refractivity contribution in [1.82, 2.24) is 34.1 Å². The molecular formula is C29H15N7S2. The lowest BCUT2D eigenvalue weighted by molar-refractivity contribution is 1.01. The molecular weight excluding hydrogens is 511 g/mol. The lowest BCUT2D eigenvalue weighted by Crippen LogP contribution is -2.02. The molecule has 0 saturated carbocycles. The predicted molar refractivity (Wildman–Crippen MR) is 155 cm³/mol. The van der Waals surface area contributed by atoms with Gasteiger partial charge in [0.2, 0.25) is 0 Å². The smallest absolute Gasteiger partial charge is 0.140 e. The number of fused-ring (bicyclic) bond motifs is 10. The number of thiophene rings is 2. The van der Waals surface area contributed by atoms with Crippen LogP contribution in [0.4, 0.5) is 0 Å². The van der Waals surface area contributed by atoms with E-state index in [0.717, 1.165) is 54.1 Å². The van der Waals surface area contributed by atoms with Crippen molar-refractivity contribution in [2.75, 3.05) is 0 Å². The maximum atomic E-state index is 5.23.